The number of anilines is 2. The van der Waals surface area contributed by atoms with E-state index < -0.39 is 12.1 Å². The summed E-state index contributed by atoms with van der Waals surface area (Å²) in [6.45, 7) is 0.740. The molecule has 0 aromatic heterocycles. The molecular weight excluding hydrogens is 287 g/mol. The summed E-state index contributed by atoms with van der Waals surface area (Å²) in [6, 6.07) is 6.95. The van der Waals surface area contributed by atoms with Crippen LogP contribution in [0.4, 0.5) is 24.5 Å². The molecule has 1 aliphatic rings. The van der Waals surface area contributed by atoms with E-state index in [0.29, 0.717) is 25.2 Å². The number of amides is 2. The molecule has 0 unspecified atom stereocenters. The van der Waals surface area contributed by atoms with Gasteiger partial charge in [-0.25, -0.2) is 0 Å². The summed E-state index contributed by atoms with van der Waals surface area (Å²) >= 11 is 0. The maximum Gasteiger partial charge on any atom is 0.471 e. The highest BCUT2D eigenvalue weighted by Gasteiger charge is 2.43. The molecule has 1 N–H and O–H groups in total. The van der Waals surface area contributed by atoms with E-state index in [9.17, 15) is 22.8 Å². The average Bonchev–Trinajstić information content (AvgIpc) is 2.47. The van der Waals surface area contributed by atoms with Crippen molar-refractivity contribution in [3.05, 3.63) is 24.3 Å². The summed E-state index contributed by atoms with van der Waals surface area (Å²) < 4.78 is 37.0. The minimum absolute atomic E-state index is 0.0344. The van der Waals surface area contributed by atoms with Crippen LogP contribution in [0.2, 0.25) is 0 Å². The van der Waals surface area contributed by atoms with Crippen LogP contribution in [0.25, 0.3) is 0 Å². The van der Waals surface area contributed by atoms with E-state index in [0.717, 1.165) is 10.6 Å². The molecule has 1 aromatic carbocycles. The van der Waals surface area contributed by atoms with E-state index in [1.807, 2.05) is 4.90 Å². The summed E-state index contributed by atoms with van der Waals surface area (Å²) in [7, 11) is 0. The molecule has 1 heterocycles. The van der Waals surface area contributed by atoms with Gasteiger partial charge in [0.1, 0.15) is 0 Å². The fraction of sp³-hybridized carbons (Fsp3) is 0.385. The number of nitrogens with one attached hydrogen (secondary N) is 1. The number of alkyl halides is 3. The molecule has 0 spiro atoms. The van der Waals surface area contributed by atoms with E-state index in [-0.39, 0.29) is 13.1 Å². The monoisotopic (exact) mass is 301 g/mol. The van der Waals surface area contributed by atoms with Gasteiger partial charge in [0.2, 0.25) is 6.41 Å². The Kier molecular flexibility index (Phi) is 4.35. The Bertz CT molecular complexity index is 508. The third kappa shape index (κ3) is 3.65. The van der Waals surface area contributed by atoms with Crippen molar-refractivity contribution < 1.29 is 22.8 Å². The summed E-state index contributed by atoms with van der Waals surface area (Å²) in [6.07, 6.45) is -4.25. The maximum absolute atomic E-state index is 12.3. The van der Waals surface area contributed by atoms with Crippen LogP contribution in [0.15, 0.2) is 24.3 Å². The molecule has 1 saturated heterocycles. The van der Waals surface area contributed by atoms with Crippen molar-refractivity contribution in [2.24, 2.45) is 0 Å². The maximum atomic E-state index is 12.3. The largest absolute Gasteiger partial charge is 0.471 e. The second-order valence-electron chi connectivity index (χ2n) is 4.59. The third-order valence-electron chi connectivity index (χ3n) is 3.27. The number of hydrogen-bond acceptors (Lipinski definition) is 3. The Hall–Kier alpha value is -2.25. The van der Waals surface area contributed by atoms with Gasteiger partial charge in [0.25, 0.3) is 0 Å². The molecule has 0 atom stereocenters. The van der Waals surface area contributed by atoms with E-state index in [2.05, 4.69) is 5.32 Å². The molecular formula is C13H14F3N3O2. The molecule has 1 aliphatic heterocycles. The lowest BCUT2D eigenvalue weighted by Gasteiger charge is -2.36. The lowest BCUT2D eigenvalue weighted by molar-refractivity contribution is -0.185. The number of piperazine rings is 1. The van der Waals surface area contributed by atoms with Crippen molar-refractivity contribution in [1.29, 1.82) is 0 Å². The topological polar surface area (TPSA) is 52.7 Å². The van der Waals surface area contributed by atoms with Crippen molar-refractivity contribution in [3.8, 4) is 0 Å². The highest BCUT2D eigenvalue weighted by molar-refractivity contribution is 5.82. The van der Waals surface area contributed by atoms with Gasteiger partial charge < -0.3 is 15.1 Å². The van der Waals surface area contributed by atoms with Crippen molar-refractivity contribution in [2.45, 2.75) is 6.18 Å². The number of rotatable bonds is 3. The lowest BCUT2D eigenvalue weighted by Crippen LogP contribution is -2.52. The van der Waals surface area contributed by atoms with Crippen LogP contribution >= 0.6 is 0 Å². The molecule has 0 saturated carbocycles. The number of benzene rings is 1. The van der Waals surface area contributed by atoms with Crippen molar-refractivity contribution >= 4 is 23.7 Å². The standard InChI is InChI=1S/C13H14F3N3O2/c14-13(15,16)12(21)19-7-5-18(6-8-19)11-3-1-10(2-4-11)17-9-20/h1-4,9H,5-8H2,(H,17,20). The van der Waals surface area contributed by atoms with Gasteiger partial charge >= 0.3 is 12.1 Å². The van der Waals surface area contributed by atoms with Crippen LogP contribution in [0.3, 0.4) is 0 Å². The SMILES string of the molecule is O=CNc1ccc(N2CCN(C(=O)C(F)(F)F)CC2)cc1. The van der Waals surface area contributed by atoms with Crippen molar-refractivity contribution in [1.82, 2.24) is 4.90 Å². The number of carbonyl (C=O) groups is 2. The molecule has 1 fully saturated rings. The summed E-state index contributed by atoms with van der Waals surface area (Å²) in [5.41, 5.74) is 1.48. The molecule has 114 valence electrons. The zero-order valence-corrected chi connectivity index (χ0v) is 11.1. The average molecular weight is 301 g/mol. The number of carbonyl (C=O) groups excluding carboxylic acids is 2. The molecule has 2 rings (SSSR count). The highest BCUT2D eigenvalue weighted by atomic mass is 19.4. The van der Waals surface area contributed by atoms with E-state index in [1.165, 1.54) is 0 Å². The first-order chi connectivity index (χ1) is 9.91. The number of halogens is 3. The van der Waals surface area contributed by atoms with Gasteiger partial charge in [-0.3, -0.25) is 9.59 Å². The van der Waals surface area contributed by atoms with E-state index in [1.54, 1.807) is 24.3 Å². The molecule has 0 bridgehead atoms. The predicted molar refractivity (Wildman–Crippen MR) is 71.0 cm³/mol. The summed E-state index contributed by atoms with van der Waals surface area (Å²) in [5.74, 6) is -1.78. The van der Waals surface area contributed by atoms with Gasteiger partial charge in [-0.2, -0.15) is 13.2 Å². The molecule has 5 nitrogen and oxygen atoms in total. The van der Waals surface area contributed by atoms with Crippen LogP contribution in [0.1, 0.15) is 0 Å². The minimum atomic E-state index is -4.82. The number of nitrogens with zero attached hydrogens (tertiary/aromatic N) is 2. The predicted octanol–water partition coefficient (Wildman–Crippen LogP) is 1.47. The second-order valence-corrected chi connectivity index (χ2v) is 4.59. The van der Waals surface area contributed by atoms with Crippen LogP contribution in [0.5, 0.6) is 0 Å². The van der Waals surface area contributed by atoms with Crippen LogP contribution in [-0.2, 0) is 9.59 Å². The van der Waals surface area contributed by atoms with Gasteiger partial charge in [-0.05, 0) is 24.3 Å². The highest BCUT2D eigenvalue weighted by Crippen LogP contribution is 2.22. The number of hydrogen-bond donors (Lipinski definition) is 1. The van der Waals surface area contributed by atoms with Gasteiger partial charge in [0.15, 0.2) is 0 Å². The van der Waals surface area contributed by atoms with Crippen LogP contribution in [-0.4, -0.2) is 49.6 Å². The minimum Gasteiger partial charge on any atom is -0.368 e. The quantitative estimate of drug-likeness (QED) is 0.860. The van der Waals surface area contributed by atoms with Crippen molar-refractivity contribution in [3.63, 3.8) is 0 Å². The van der Waals surface area contributed by atoms with Crippen LogP contribution < -0.4 is 10.2 Å². The first-order valence-electron chi connectivity index (χ1n) is 6.33. The van der Waals surface area contributed by atoms with E-state index >= 15 is 0 Å². The molecule has 2 amide bonds. The first kappa shape index (κ1) is 15.1. The first-order valence-corrected chi connectivity index (χ1v) is 6.33. The van der Waals surface area contributed by atoms with Gasteiger partial charge in [0.05, 0.1) is 0 Å². The fourth-order valence-corrected chi connectivity index (χ4v) is 2.18. The summed E-state index contributed by atoms with van der Waals surface area (Å²) in [4.78, 5) is 24.1. The lowest BCUT2D eigenvalue weighted by atomic mass is 10.2. The molecule has 8 heteroatoms. The fourth-order valence-electron chi connectivity index (χ4n) is 2.18. The second kappa shape index (κ2) is 6.02. The Morgan fingerprint density at radius 2 is 1.67 bits per heavy atom. The van der Waals surface area contributed by atoms with E-state index in [4.69, 9.17) is 0 Å². The third-order valence-corrected chi connectivity index (χ3v) is 3.27. The van der Waals surface area contributed by atoms with Crippen LogP contribution in [0, 0.1) is 0 Å². The molecule has 21 heavy (non-hydrogen) atoms. The zero-order chi connectivity index (χ0) is 15.5. The smallest absolute Gasteiger partial charge is 0.368 e. The Morgan fingerprint density at radius 1 is 1.10 bits per heavy atom. The normalized spacial score (nSPS) is 15.8. The Morgan fingerprint density at radius 3 is 2.14 bits per heavy atom. The van der Waals surface area contributed by atoms with Gasteiger partial charge in [-0.1, -0.05) is 0 Å². The zero-order valence-electron chi connectivity index (χ0n) is 11.1. The Balaban J connectivity index is 1.94. The van der Waals surface area contributed by atoms with Gasteiger partial charge in [-0.15, -0.1) is 0 Å². The molecule has 0 aliphatic carbocycles. The molecule has 1 aromatic rings. The summed E-state index contributed by atoms with van der Waals surface area (Å²) in [5, 5.41) is 2.50. The Labute approximate surface area is 119 Å². The van der Waals surface area contributed by atoms with Gasteiger partial charge in [0, 0.05) is 37.6 Å². The van der Waals surface area contributed by atoms with Crippen molar-refractivity contribution in [2.75, 3.05) is 36.4 Å². The molecule has 0 radical (unpaired) electrons.